The maximum absolute atomic E-state index is 12.9. The number of fused-ring (bicyclic) bond motifs is 1. The predicted octanol–water partition coefficient (Wildman–Crippen LogP) is 6.22. The molecule has 2 aromatic carbocycles. The van der Waals surface area contributed by atoms with Crippen LogP contribution in [0.15, 0.2) is 42.5 Å². The molecule has 15 heteroatoms. The Morgan fingerprint density at radius 2 is 1.57 bits per heavy atom. The standard InChI is InChI=1S/C29H36F3N3O4.C2HF3O2/c1-37-24-8-5-20(17-25(24)38-2)28-12-9-22(18-26(28)35(14-13-28)23-10-15-39-16-11-23)34-27(36)33-21-6-3-19(4-7-21)29(30,31)32;3-2(4,5)1(6)7/h3-8,17,22-23,26H,9-16,18H2,1-2H3,(H2,33,34,36);(H,6,7). The molecule has 5 rings (SSSR count). The lowest BCUT2D eigenvalue weighted by Gasteiger charge is -2.47. The Bertz CT molecular complexity index is 1350. The molecule has 2 aromatic rings. The molecule has 0 bridgehead atoms. The topological polar surface area (TPSA) is 109 Å². The lowest BCUT2D eigenvalue weighted by molar-refractivity contribution is -0.192. The molecule has 254 valence electrons. The number of nitrogens with zero attached hydrogens (tertiary/aromatic N) is 1. The number of carbonyl (C=O) groups excluding carboxylic acids is 1. The van der Waals surface area contributed by atoms with Gasteiger partial charge in [-0.1, -0.05) is 6.07 Å². The van der Waals surface area contributed by atoms with Crippen molar-refractivity contribution >= 4 is 17.7 Å². The van der Waals surface area contributed by atoms with Crippen LogP contribution >= 0.6 is 0 Å². The smallest absolute Gasteiger partial charge is 0.490 e. The molecular formula is C31H37F6N3O6. The fourth-order valence-electron chi connectivity index (χ4n) is 6.75. The number of hydrogen-bond donors (Lipinski definition) is 3. The van der Waals surface area contributed by atoms with Crippen LogP contribution < -0.4 is 20.1 Å². The Hall–Kier alpha value is -3.72. The van der Waals surface area contributed by atoms with E-state index in [0.717, 1.165) is 70.4 Å². The molecule has 0 spiro atoms. The largest absolute Gasteiger partial charge is 0.493 e. The summed E-state index contributed by atoms with van der Waals surface area (Å²) in [6.45, 7) is 2.50. The Labute approximate surface area is 262 Å². The fourth-order valence-corrected chi connectivity index (χ4v) is 6.75. The van der Waals surface area contributed by atoms with Gasteiger partial charge in [-0.3, -0.25) is 4.90 Å². The highest BCUT2D eigenvalue weighted by molar-refractivity contribution is 5.89. The molecule has 46 heavy (non-hydrogen) atoms. The van der Waals surface area contributed by atoms with Crippen LogP contribution in [0.2, 0.25) is 0 Å². The van der Waals surface area contributed by atoms with Crippen molar-refractivity contribution in [2.75, 3.05) is 39.3 Å². The van der Waals surface area contributed by atoms with Crippen molar-refractivity contribution in [2.45, 2.75) is 74.4 Å². The quantitative estimate of drug-likeness (QED) is 0.316. The molecule has 1 saturated carbocycles. The number of amides is 2. The van der Waals surface area contributed by atoms with Gasteiger partial charge in [0.25, 0.3) is 0 Å². The van der Waals surface area contributed by atoms with Crippen molar-refractivity contribution in [2.24, 2.45) is 0 Å². The second kappa shape index (κ2) is 14.4. The van der Waals surface area contributed by atoms with Crippen LogP contribution in [0.1, 0.15) is 49.7 Å². The molecule has 1 aliphatic carbocycles. The van der Waals surface area contributed by atoms with Gasteiger partial charge in [0.2, 0.25) is 0 Å². The van der Waals surface area contributed by atoms with Gasteiger partial charge in [0.15, 0.2) is 11.5 Å². The summed E-state index contributed by atoms with van der Waals surface area (Å²) in [7, 11) is 3.28. The van der Waals surface area contributed by atoms with Crippen molar-refractivity contribution in [1.29, 1.82) is 0 Å². The fraction of sp³-hybridized carbons (Fsp3) is 0.548. The maximum atomic E-state index is 12.9. The average Bonchev–Trinajstić information content (AvgIpc) is 3.40. The molecule has 3 N–H and O–H groups in total. The Morgan fingerprint density at radius 3 is 2.13 bits per heavy atom. The second-order valence-corrected chi connectivity index (χ2v) is 11.5. The summed E-state index contributed by atoms with van der Waals surface area (Å²) in [5.41, 5.74) is 0.731. The van der Waals surface area contributed by atoms with Crippen LogP contribution in [-0.4, -0.2) is 80.3 Å². The van der Waals surface area contributed by atoms with Gasteiger partial charge in [0.1, 0.15) is 0 Å². The van der Waals surface area contributed by atoms with Gasteiger partial charge in [-0.15, -0.1) is 0 Å². The molecule has 9 nitrogen and oxygen atoms in total. The minimum atomic E-state index is -5.08. The van der Waals surface area contributed by atoms with E-state index in [2.05, 4.69) is 27.7 Å². The van der Waals surface area contributed by atoms with Crippen LogP contribution in [0.3, 0.4) is 0 Å². The molecule has 3 atom stereocenters. The molecule has 2 amide bonds. The number of alkyl halides is 6. The molecule has 2 aliphatic heterocycles. The third kappa shape index (κ3) is 8.16. The number of anilines is 1. The highest BCUT2D eigenvalue weighted by atomic mass is 19.4. The van der Waals surface area contributed by atoms with E-state index in [4.69, 9.17) is 24.1 Å². The Balaban J connectivity index is 0.000000617. The average molecular weight is 662 g/mol. The molecule has 2 saturated heterocycles. The number of benzene rings is 2. The highest BCUT2D eigenvalue weighted by Gasteiger charge is 2.53. The van der Waals surface area contributed by atoms with Crippen molar-refractivity contribution < 1.29 is 55.2 Å². The molecular weight excluding hydrogens is 624 g/mol. The number of methoxy groups -OCH3 is 2. The van der Waals surface area contributed by atoms with Gasteiger partial charge in [-0.25, -0.2) is 9.59 Å². The number of rotatable bonds is 6. The summed E-state index contributed by atoms with van der Waals surface area (Å²) in [6.07, 6.45) is -4.01. The van der Waals surface area contributed by atoms with Gasteiger partial charge in [-0.05, 0) is 87.0 Å². The van der Waals surface area contributed by atoms with E-state index in [1.165, 1.54) is 17.7 Å². The molecule has 2 heterocycles. The van der Waals surface area contributed by atoms with Crippen LogP contribution in [0.4, 0.5) is 36.8 Å². The molecule has 0 radical (unpaired) electrons. The minimum absolute atomic E-state index is 0.0573. The normalized spacial score (nSPS) is 23.8. The highest BCUT2D eigenvalue weighted by Crippen LogP contribution is 2.51. The summed E-state index contributed by atoms with van der Waals surface area (Å²) in [5, 5.41) is 12.9. The monoisotopic (exact) mass is 661 g/mol. The number of hydrogen-bond acceptors (Lipinski definition) is 6. The molecule has 3 unspecified atom stereocenters. The first-order valence-corrected chi connectivity index (χ1v) is 14.8. The third-order valence-electron chi connectivity index (χ3n) is 8.97. The van der Waals surface area contributed by atoms with Gasteiger partial charge < -0.3 is 30.0 Å². The van der Waals surface area contributed by atoms with Gasteiger partial charge in [0, 0.05) is 42.4 Å². The molecule has 0 aromatic heterocycles. The summed E-state index contributed by atoms with van der Waals surface area (Å²) < 4.78 is 87.1. The number of halogens is 6. The number of aliphatic carboxylic acids is 1. The van der Waals surface area contributed by atoms with Crippen LogP contribution in [0.25, 0.3) is 0 Å². The first kappa shape index (κ1) is 35.1. The summed E-state index contributed by atoms with van der Waals surface area (Å²) in [5.74, 6) is -1.35. The predicted molar refractivity (Wildman–Crippen MR) is 155 cm³/mol. The molecule has 3 aliphatic rings. The van der Waals surface area contributed by atoms with Crippen molar-refractivity contribution in [3.8, 4) is 11.5 Å². The van der Waals surface area contributed by atoms with E-state index in [-0.39, 0.29) is 17.5 Å². The van der Waals surface area contributed by atoms with Crippen molar-refractivity contribution in [1.82, 2.24) is 10.2 Å². The van der Waals surface area contributed by atoms with Crippen LogP contribution in [-0.2, 0) is 21.1 Å². The van der Waals surface area contributed by atoms with Gasteiger partial charge in [-0.2, -0.15) is 26.3 Å². The number of carboxylic acids is 1. The minimum Gasteiger partial charge on any atom is -0.493 e. The number of carbonyl (C=O) groups is 2. The van der Waals surface area contributed by atoms with E-state index >= 15 is 0 Å². The van der Waals surface area contributed by atoms with Crippen molar-refractivity contribution in [3.63, 3.8) is 0 Å². The van der Waals surface area contributed by atoms with Crippen LogP contribution in [0, 0.1) is 0 Å². The zero-order valence-electron chi connectivity index (χ0n) is 25.3. The SMILES string of the molecule is COc1ccc(C23CCC(NC(=O)Nc4ccc(C(F)(F)F)cc4)CC2N(C2CCOCC2)CC3)cc1OC.O=C(O)C(F)(F)F. The van der Waals surface area contributed by atoms with E-state index in [0.29, 0.717) is 23.2 Å². The van der Waals surface area contributed by atoms with Crippen molar-refractivity contribution in [3.05, 3.63) is 53.6 Å². The van der Waals surface area contributed by atoms with E-state index in [1.807, 2.05) is 6.07 Å². The van der Waals surface area contributed by atoms with E-state index in [1.54, 1.807) is 14.2 Å². The second-order valence-electron chi connectivity index (χ2n) is 11.5. The zero-order valence-corrected chi connectivity index (χ0v) is 25.3. The maximum Gasteiger partial charge on any atom is 0.490 e. The zero-order chi connectivity index (χ0) is 33.7. The molecule has 3 fully saturated rings. The lowest BCUT2D eigenvalue weighted by atomic mass is 9.65. The first-order chi connectivity index (χ1) is 21.7. The van der Waals surface area contributed by atoms with Gasteiger partial charge in [0.05, 0.1) is 19.8 Å². The van der Waals surface area contributed by atoms with E-state index < -0.39 is 29.9 Å². The third-order valence-corrected chi connectivity index (χ3v) is 8.97. The first-order valence-electron chi connectivity index (χ1n) is 14.8. The lowest BCUT2D eigenvalue weighted by Crippen LogP contribution is -2.55. The Morgan fingerprint density at radius 1 is 0.935 bits per heavy atom. The summed E-state index contributed by atoms with van der Waals surface area (Å²) in [6, 6.07) is 10.9. The summed E-state index contributed by atoms with van der Waals surface area (Å²) in [4.78, 5) is 24.4. The number of nitrogens with one attached hydrogen (secondary N) is 2. The number of likely N-dealkylation sites (tertiary alicyclic amines) is 1. The van der Waals surface area contributed by atoms with Gasteiger partial charge >= 0.3 is 24.4 Å². The Kier molecular flexibility index (Phi) is 11.0. The van der Waals surface area contributed by atoms with Crippen LogP contribution in [0.5, 0.6) is 11.5 Å². The number of ether oxygens (including phenoxy) is 3. The van der Waals surface area contributed by atoms with E-state index in [9.17, 15) is 31.1 Å². The number of urea groups is 1. The number of carboxylic acid groups (broad SMARTS) is 1. The summed E-state index contributed by atoms with van der Waals surface area (Å²) >= 11 is 0.